The summed E-state index contributed by atoms with van der Waals surface area (Å²) in [6.45, 7) is 1.33. The van der Waals surface area contributed by atoms with Gasteiger partial charge in [-0.25, -0.2) is 9.37 Å². The number of hydrogen-bond acceptors (Lipinski definition) is 7. The molecule has 0 fully saturated rings. The first-order valence-electron chi connectivity index (χ1n) is 9.97. The van der Waals surface area contributed by atoms with Gasteiger partial charge in [0.15, 0.2) is 5.82 Å². The summed E-state index contributed by atoms with van der Waals surface area (Å²) >= 11 is 12.3. The Balaban J connectivity index is 1.97. The third kappa shape index (κ3) is 5.51. The molecule has 0 amide bonds. The van der Waals surface area contributed by atoms with Crippen LogP contribution in [0.5, 0.6) is 0 Å². The van der Waals surface area contributed by atoms with Crippen molar-refractivity contribution in [2.75, 3.05) is 41.2 Å². The van der Waals surface area contributed by atoms with E-state index in [1.54, 1.807) is 30.3 Å². The third-order valence-electron chi connectivity index (χ3n) is 4.84. The van der Waals surface area contributed by atoms with Crippen molar-refractivity contribution in [3.8, 4) is 6.07 Å². The molecule has 2 aromatic carbocycles. The molecular formula is C22H21Cl2FN6O2S. The van der Waals surface area contributed by atoms with Crippen LogP contribution in [-0.2, 0) is 10.0 Å². The number of aromatic nitrogens is 1. The number of nitrogens with one attached hydrogen (secondary N) is 2. The molecule has 0 unspecified atom stereocenters. The molecule has 0 spiro atoms. The predicted molar refractivity (Wildman–Crippen MR) is 133 cm³/mol. The molecule has 0 aliphatic heterocycles. The van der Waals surface area contributed by atoms with Gasteiger partial charge in [0.25, 0.3) is 10.0 Å². The number of halogens is 3. The van der Waals surface area contributed by atoms with Crippen molar-refractivity contribution in [2.45, 2.75) is 4.90 Å². The van der Waals surface area contributed by atoms with Crippen molar-refractivity contribution in [2.24, 2.45) is 0 Å². The van der Waals surface area contributed by atoms with Crippen LogP contribution in [0, 0.1) is 17.1 Å². The van der Waals surface area contributed by atoms with E-state index in [4.69, 9.17) is 23.4 Å². The maximum Gasteiger partial charge on any atom is 0.282 e. The van der Waals surface area contributed by atoms with Crippen LogP contribution in [0.25, 0.3) is 0 Å². The SMILES string of the molecule is CNCCN(C)c1cc(C#N)ccc1Nc1cc(F)c(S(=O)(=O)N(Cl)c2ccccn2)cc1Cl. The van der Waals surface area contributed by atoms with Gasteiger partial charge in [0.05, 0.1) is 33.7 Å². The van der Waals surface area contributed by atoms with Crippen molar-refractivity contribution >= 4 is 56.3 Å². The Bertz CT molecular complexity index is 1320. The lowest BCUT2D eigenvalue weighted by Gasteiger charge is -2.24. The number of nitriles is 1. The number of nitrogens with zero attached hydrogens (tertiary/aromatic N) is 4. The average Bonchev–Trinajstić information content (AvgIpc) is 2.84. The number of pyridine rings is 1. The zero-order chi connectivity index (χ0) is 24.9. The number of benzene rings is 2. The van der Waals surface area contributed by atoms with E-state index in [0.29, 0.717) is 33.9 Å². The minimum absolute atomic E-state index is 0.0424. The predicted octanol–water partition coefficient (Wildman–Crippen LogP) is 4.49. The number of rotatable bonds is 9. The maximum atomic E-state index is 15.0. The van der Waals surface area contributed by atoms with E-state index in [0.717, 1.165) is 12.1 Å². The summed E-state index contributed by atoms with van der Waals surface area (Å²) < 4.78 is 41.1. The molecule has 0 aliphatic rings. The molecule has 3 aromatic rings. The zero-order valence-electron chi connectivity index (χ0n) is 18.3. The van der Waals surface area contributed by atoms with E-state index in [-0.39, 0.29) is 16.5 Å². The first kappa shape index (κ1) is 25.5. The van der Waals surface area contributed by atoms with Crippen LogP contribution < -0.4 is 19.4 Å². The fourth-order valence-corrected chi connectivity index (χ4v) is 4.75. The summed E-state index contributed by atoms with van der Waals surface area (Å²) in [4.78, 5) is 5.09. The highest BCUT2D eigenvalue weighted by atomic mass is 35.5. The summed E-state index contributed by atoms with van der Waals surface area (Å²) in [5, 5.41) is 15.3. The average molecular weight is 523 g/mol. The minimum Gasteiger partial charge on any atom is -0.372 e. The Labute approximate surface area is 207 Å². The second-order valence-electron chi connectivity index (χ2n) is 7.16. The van der Waals surface area contributed by atoms with Crippen LogP contribution in [0.4, 0.5) is 27.3 Å². The molecule has 1 aromatic heterocycles. The molecule has 12 heteroatoms. The van der Waals surface area contributed by atoms with Gasteiger partial charge in [-0.05, 0) is 43.4 Å². The van der Waals surface area contributed by atoms with Gasteiger partial charge >= 0.3 is 0 Å². The molecule has 0 saturated heterocycles. The maximum absolute atomic E-state index is 15.0. The van der Waals surface area contributed by atoms with Crippen LogP contribution >= 0.6 is 23.4 Å². The molecule has 0 aliphatic carbocycles. The topological polar surface area (TPSA) is 101 Å². The van der Waals surface area contributed by atoms with Crippen LogP contribution in [0.1, 0.15) is 5.56 Å². The first-order chi connectivity index (χ1) is 16.2. The summed E-state index contributed by atoms with van der Waals surface area (Å²) in [6.07, 6.45) is 1.36. The molecule has 2 N–H and O–H groups in total. The molecule has 178 valence electrons. The van der Waals surface area contributed by atoms with Crippen LogP contribution in [0.15, 0.2) is 59.6 Å². The Kier molecular flexibility index (Phi) is 8.17. The van der Waals surface area contributed by atoms with Crippen molar-refractivity contribution in [3.63, 3.8) is 0 Å². The summed E-state index contributed by atoms with van der Waals surface area (Å²) in [5.74, 6) is -1.14. The highest BCUT2D eigenvalue weighted by Gasteiger charge is 2.29. The number of anilines is 4. The van der Waals surface area contributed by atoms with Gasteiger partial charge in [0, 0.05) is 44.2 Å². The fourth-order valence-electron chi connectivity index (χ4n) is 3.06. The largest absolute Gasteiger partial charge is 0.372 e. The molecule has 0 saturated carbocycles. The second-order valence-corrected chi connectivity index (χ2v) is 9.86. The van der Waals surface area contributed by atoms with Crippen LogP contribution in [0.3, 0.4) is 0 Å². The van der Waals surface area contributed by atoms with Crippen molar-refractivity contribution in [1.82, 2.24) is 10.3 Å². The monoisotopic (exact) mass is 522 g/mol. The molecule has 34 heavy (non-hydrogen) atoms. The molecule has 3 rings (SSSR count). The van der Waals surface area contributed by atoms with E-state index in [1.807, 2.05) is 19.0 Å². The van der Waals surface area contributed by atoms with Gasteiger partial charge in [-0.15, -0.1) is 0 Å². The Morgan fingerprint density at radius 3 is 2.59 bits per heavy atom. The van der Waals surface area contributed by atoms with Gasteiger partial charge in [0.1, 0.15) is 10.7 Å². The lowest BCUT2D eigenvalue weighted by atomic mass is 10.1. The Hall–Kier alpha value is -3.10. The molecule has 0 radical (unpaired) electrons. The number of likely N-dealkylation sites (N-methyl/N-ethyl adjacent to an activating group) is 2. The van der Waals surface area contributed by atoms with Gasteiger partial charge < -0.3 is 15.5 Å². The molecule has 0 atom stereocenters. The highest BCUT2D eigenvalue weighted by Crippen LogP contribution is 2.36. The smallest absolute Gasteiger partial charge is 0.282 e. The van der Waals surface area contributed by atoms with Gasteiger partial charge in [-0.2, -0.15) is 17.5 Å². The van der Waals surface area contributed by atoms with E-state index in [2.05, 4.69) is 21.7 Å². The van der Waals surface area contributed by atoms with Crippen LogP contribution in [-0.4, -0.2) is 40.6 Å². The van der Waals surface area contributed by atoms with Crippen molar-refractivity contribution in [3.05, 3.63) is 71.1 Å². The lowest BCUT2D eigenvalue weighted by Crippen LogP contribution is -2.27. The third-order valence-corrected chi connectivity index (χ3v) is 7.35. The number of hydrogen-bond donors (Lipinski definition) is 2. The summed E-state index contributed by atoms with van der Waals surface area (Å²) in [7, 11) is -0.801. The molecule has 8 nitrogen and oxygen atoms in total. The zero-order valence-corrected chi connectivity index (χ0v) is 20.6. The quantitative estimate of drug-likeness (QED) is 0.399. The Morgan fingerprint density at radius 1 is 1.18 bits per heavy atom. The van der Waals surface area contributed by atoms with E-state index in [9.17, 15) is 13.7 Å². The second kappa shape index (κ2) is 10.9. The number of sulfonamides is 1. The van der Waals surface area contributed by atoms with E-state index in [1.165, 1.54) is 12.3 Å². The van der Waals surface area contributed by atoms with Crippen molar-refractivity contribution < 1.29 is 12.8 Å². The van der Waals surface area contributed by atoms with Crippen LogP contribution in [0.2, 0.25) is 5.02 Å². The van der Waals surface area contributed by atoms with E-state index < -0.39 is 20.7 Å². The summed E-state index contributed by atoms with van der Waals surface area (Å²) in [5.41, 5.74) is 1.84. The van der Waals surface area contributed by atoms with Gasteiger partial charge in [0.2, 0.25) is 0 Å². The lowest BCUT2D eigenvalue weighted by molar-refractivity contribution is 0.568. The molecule has 1 heterocycles. The highest BCUT2D eigenvalue weighted by molar-refractivity contribution is 7.94. The Morgan fingerprint density at radius 2 is 1.94 bits per heavy atom. The fraction of sp³-hybridized carbons (Fsp3) is 0.182. The first-order valence-corrected chi connectivity index (χ1v) is 12.1. The van der Waals surface area contributed by atoms with E-state index >= 15 is 4.39 Å². The summed E-state index contributed by atoms with van der Waals surface area (Å²) in [6, 6.07) is 13.5. The normalized spacial score (nSPS) is 11.1. The van der Waals surface area contributed by atoms with Crippen molar-refractivity contribution in [1.29, 1.82) is 5.26 Å². The van der Waals surface area contributed by atoms with Gasteiger partial charge in [-0.3, -0.25) is 0 Å². The molecule has 0 bridgehead atoms. The standard InChI is InChI=1S/C22H21Cl2FN6O2S/c1-27-9-10-30(2)20-11-15(14-26)6-7-18(20)29-19-13-17(25)21(12-16(19)23)34(32,33)31(24)22-5-3-4-8-28-22/h3-8,11-13,27,29H,9-10H2,1-2H3. The minimum atomic E-state index is -4.48. The van der Waals surface area contributed by atoms with Gasteiger partial charge in [-0.1, -0.05) is 17.7 Å². The molecular weight excluding hydrogens is 502 g/mol.